The molecular weight excluding hydrogens is 392 g/mol. The van der Waals surface area contributed by atoms with E-state index >= 15 is 0 Å². The van der Waals surface area contributed by atoms with E-state index in [4.69, 9.17) is 4.74 Å². The summed E-state index contributed by atoms with van der Waals surface area (Å²) in [6, 6.07) is 11.2. The van der Waals surface area contributed by atoms with Crippen molar-refractivity contribution < 1.29 is 23.0 Å². The Bertz CT molecular complexity index is 999. The molecule has 0 aliphatic heterocycles. The summed E-state index contributed by atoms with van der Waals surface area (Å²) in [4.78, 5) is 22.8. The molecule has 1 aliphatic carbocycles. The number of anilines is 2. The third-order valence-electron chi connectivity index (χ3n) is 4.59. The normalized spacial score (nSPS) is 13.2. The Morgan fingerprint density at radius 3 is 2.43 bits per heavy atom. The molecule has 8 heteroatoms. The first-order chi connectivity index (χ1) is 14.6. The molecule has 0 radical (unpaired) electrons. The van der Waals surface area contributed by atoms with Gasteiger partial charge in [0.25, 0.3) is 5.91 Å². The van der Waals surface area contributed by atoms with Crippen LogP contribution < -0.4 is 14.4 Å². The highest BCUT2D eigenvalue weighted by atomic mass is 19.3. The van der Waals surface area contributed by atoms with Crippen LogP contribution in [0.4, 0.5) is 20.2 Å². The van der Waals surface area contributed by atoms with E-state index in [0.717, 1.165) is 12.8 Å². The third kappa shape index (κ3) is 4.71. The average Bonchev–Trinajstić information content (AvgIpc) is 3.59. The molecule has 1 fully saturated rings. The van der Waals surface area contributed by atoms with E-state index in [1.54, 1.807) is 42.9 Å². The van der Waals surface area contributed by atoms with Gasteiger partial charge < -0.3 is 9.47 Å². The Balaban J connectivity index is 1.73. The summed E-state index contributed by atoms with van der Waals surface area (Å²) in [6.45, 7) is -2.57. The maximum Gasteiger partial charge on any atom is 0.387 e. The zero-order chi connectivity index (χ0) is 20.9. The number of carbonyl (C=O) groups excluding carboxylic acids is 1. The molecule has 2 aromatic heterocycles. The summed E-state index contributed by atoms with van der Waals surface area (Å²) in [6.07, 6.45) is 8.27. The predicted molar refractivity (Wildman–Crippen MR) is 106 cm³/mol. The molecule has 1 aromatic carbocycles. The van der Waals surface area contributed by atoms with Crippen LogP contribution in [0, 0.1) is 5.92 Å². The fourth-order valence-electron chi connectivity index (χ4n) is 2.92. The quantitative estimate of drug-likeness (QED) is 0.530. The van der Waals surface area contributed by atoms with Crippen molar-refractivity contribution in [1.82, 2.24) is 9.97 Å². The van der Waals surface area contributed by atoms with Gasteiger partial charge in [0.15, 0.2) is 11.5 Å². The molecule has 0 unspecified atom stereocenters. The maximum atomic E-state index is 13.3. The molecule has 4 rings (SSSR count). The van der Waals surface area contributed by atoms with Gasteiger partial charge in [-0.3, -0.25) is 19.7 Å². The smallest absolute Gasteiger partial charge is 0.387 e. The van der Waals surface area contributed by atoms with Crippen LogP contribution in [-0.4, -0.2) is 29.1 Å². The number of ether oxygens (including phenoxy) is 2. The number of rotatable bonds is 8. The molecule has 1 amide bonds. The summed E-state index contributed by atoms with van der Waals surface area (Å²) in [5.74, 6) is 0.160. The van der Waals surface area contributed by atoms with Gasteiger partial charge >= 0.3 is 6.61 Å². The van der Waals surface area contributed by atoms with Crippen molar-refractivity contribution in [2.24, 2.45) is 5.92 Å². The molecule has 6 nitrogen and oxygen atoms in total. The first-order valence-corrected chi connectivity index (χ1v) is 9.48. The lowest BCUT2D eigenvalue weighted by atomic mass is 10.2. The van der Waals surface area contributed by atoms with E-state index in [1.165, 1.54) is 29.3 Å². The average molecular weight is 411 g/mol. The van der Waals surface area contributed by atoms with Gasteiger partial charge in [0, 0.05) is 24.7 Å². The lowest BCUT2D eigenvalue weighted by Gasteiger charge is -2.24. The van der Waals surface area contributed by atoms with Gasteiger partial charge in [0.05, 0.1) is 29.7 Å². The number of aromatic nitrogens is 2. The molecule has 0 N–H and O–H groups in total. The van der Waals surface area contributed by atoms with Crippen LogP contribution in [0.5, 0.6) is 11.5 Å². The van der Waals surface area contributed by atoms with Crippen molar-refractivity contribution in [1.29, 1.82) is 0 Å². The van der Waals surface area contributed by atoms with Crippen molar-refractivity contribution in [3.63, 3.8) is 0 Å². The molecule has 3 aromatic rings. The van der Waals surface area contributed by atoms with Gasteiger partial charge in [-0.15, -0.1) is 0 Å². The highest BCUT2D eigenvalue weighted by Crippen LogP contribution is 2.38. The zero-order valence-electron chi connectivity index (χ0n) is 15.9. The van der Waals surface area contributed by atoms with Crippen LogP contribution >= 0.6 is 0 Å². The Labute approximate surface area is 172 Å². The number of benzene rings is 1. The van der Waals surface area contributed by atoms with E-state index in [9.17, 15) is 13.6 Å². The number of alkyl halides is 2. The van der Waals surface area contributed by atoms with Crippen LogP contribution in [0.3, 0.4) is 0 Å². The maximum absolute atomic E-state index is 13.3. The summed E-state index contributed by atoms with van der Waals surface area (Å²) in [7, 11) is 0. The molecular formula is C22H19F2N3O3. The van der Waals surface area contributed by atoms with Crippen LogP contribution in [0.25, 0.3) is 0 Å². The predicted octanol–water partition coefficient (Wildman–Crippen LogP) is 4.85. The number of hydrogen-bond acceptors (Lipinski definition) is 5. The first-order valence-electron chi connectivity index (χ1n) is 9.48. The Kier molecular flexibility index (Phi) is 5.83. The largest absolute Gasteiger partial charge is 0.489 e. The summed E-state index contributed by atoms with van der Waals surface area (Å²) in [5.41, 5.74) is 1.32. The number of nitrogens with zero attached hydrogens (tertiary/aromatic N) is 3. The van der Waals surface area contributed by atoms with Gasteiger partial charge in [-0.05, 0) is 55.2 Å². The Hall–Kier alpha value is -3.55. The first kappa shape index (κ1) is 19.8. The molecule has 0 spiro atoms. The second-order valence-corrected chi connectivity index (χ2v) is 6.86. The van der Waals surface area contributed by atoms with Crippen LogP contribution in [0.1, 0.15) is 23.2 Å². The van der Waals surface area contributed by atoms with Crippen LogP contribution in [0.15, 0.2) is 67.3 Å². The summed E-state index contributed by atoms with van der Waals surface area (Å²) < 4.78 is 36.0. The third-order valence-corrected chi connectivity index (χ3v) is 4.59. The lowest BCUT2D eigenvalue weighted by Crippen LogP contribution is -2.26. The summed E-state index contributed by atoms with van der Waals surface area (Å²) in [5, 5.41) is 0. The van der Waals surface area contributed by atoms with E-state index in [2.05, 4.69) is 14.7 Å². The molecule has 154 valence electrons. The lowest BCUT2D eigenvalue weighted by molar-refractivity contribution is -0.0515. The van der Waals surface area contributed by atoms with Crippen molar-refractivity contribution in [3.05, 3.63) is 72.8 Å². The highest BCUT2D eigenvalue weighted by Gasteiger charge is 2.25. The minimum atomic E-state index is -2.98. The number of halogens is 2. The second-order valence-electron chi connectivity index (χ2n) is 6.86. The zero-order valence-corrected chi connectivity index (χ0v) is 15.9. The monoisotopic (exact) mass is 411 g/mol. The molecule has 0 bridgehead atoms. The molecule has 0 saturated heterocycles. The fraction of sp³-hybridized carbons (Fsp3) is 0.227. The topological polar surface area (TPSA) is 64.6 Å². The van der Waals surface area contributed by atoms with E-state index in [0.29, 0.717) is 29.5 Å². The Morgan fingerprint density at radius 1 is 1.03 bits per heavy atom. The van der Waals surface area contributed by atoms with Crippen molar-refractivity contribution in [3.8, 4) is 11.5 Å². The van der Waals surface area contributed by atoms with Crippen molar-refractivity contribution >= 4 is 17.3 Å². The van der Waals surface area contributed by atoms with Gasteiger partial charge in [-0.1, -0.05) is 0 Å². The summed E-state index contributed by atoms with van der Waals surface area (Å²) >= 11 is 0. The molecule has 0 atom stereocenters. The van der Waals surface area contributed by atoms with Crippen molar-refractivity contribution in [2.75, 3.05) is 11.5 Å². The molecule has 1 aliphatic rings. The standard InChI is InChI=1S/C22H19F2N3O3/c23-22(24)30-19-8-7-17(11-20(19)29-14-15-5-6-15)27(18-4-2-10-26-13-18)21(28)16-3-1-9-25-12-16/h1-4,7-13,15,22H,5-6,14H2. The molecule has 30 heavy (non-hydrogen) atoms. The second kappa shape index (κ2) is 8.86. The SMILES string of the molecule is O=C(c1cccnc1)N(c1cccnc1)c1ccc(OC(F)F)c(OCC2CC2)c1. The van der Waals surface area contributed by atoms with Crippen LogP contribution in [-0.2, 0) is 0 Å². The molecule has 2 heterocycles. The van der Waals surface area contributed by atoms with Gasteiger partial charge in [0.1, 0.15) is 0 Å². The Morgan fingerprint density at radius 2 is 1.80 bits per heavy atom. The number of hydrogen-bond donors (Lipinski definition) is 0. The number of amides is 1. The van der Waals surface area contributed by atoms with Crippen molar-refractivity contribution in [2.45, 2.75) is 19.5 Å². The van der Waals surface area contributed by atoms with E-state index in [1.807, 2.05) is 0 Å². The fourth-order valence-corrected chi connectivity index (χ4v) is 2.92. The number of carbonyl (C=O) groups is 1. The van der Waals surface area contributed by atoms with E-state index < -0.39 is 6.61 Å². The minimum absolute atomic E-state index is 0.0747. The van der Waals surface area contributed by atoms with Gasteiger partial charge in [-0.2, -0.15) is 8.78 Å². The van der Waals surface area contributed by atoms with Gasteiger partial charge in [0.2, 0.25) is 0 Å². The minimum Gasteiger partial charge on any atom is -0.489 e. The van der Waals surface area contributed by atoms with E-state index in [-0.39, 0.29) is 17.4 Å². The van der Waals surface area contributed by atoms with Crippen LogP contribution in [0.2, 0.25) is 0 Å². The highest BCUT2D eigenvalue weighted by molar-refractivity contribution is 6.10. The molecule has 1 saturated carbocycles. The van der Waals surface area contributed by atoms with Gasteiger partial charge in [-0.25, -0.2) is 0 Å². The number of pyridine rings is 2.